The second kappa shape index (κ2) is 6.19. The minimum atomic E-state index is -4.49. The summed E-state index contributed by atoms with van der Waals surface area (Å²) < 4.78 is 44.1. The molecule has 7 heteroatoms. The van der Waals surface area contributed by atoms with Gasteiger partial charge in [0.15, 0.2) is 5.95 Å². The molecule has 122 valence electrons. The first-order valence-electron chi connectivity index (χ1n) is 6.95. The van der Waals surface area contributed by atoms with Crippen LogP contribution in [0.15, 0.2) is 59.1 Å². The number of alkyl halides is 3. The van der Waals surface area contributed by atoms with Crippen LogP contribution in [0, 0.1) is 0 Å². The maximum Gasteiger partial charge on any atom is 0.416 e. The van der Waals surface area contributed by atoms with Gasteiger partial charge in [0.2, 0.25) is 5.69 Å². The first kappa shape index (κ1) is 15.8. The molecular formula is C17H11F3N2O2. The lowest BCUT2D eigenvalue weighted by atomic mass is 10.2. The topological polar surface area (TPSA) is 53.0 Å². The van der Waals surface area contributed by atoms with Gasteiger partial charge in [-0.25, -0.2) is 0 Å². The first-order chi connectivity index (χ1) is 11.4. The van der Waals surface area contributed by atoms with Crippen molar-refractivity contribution in [2.24, 2.45) is 0 Å². The van der Waals surface area contributed by atoms with E-state index in [0.717, 1.165) is 22.4 Å². The highest BCUT2D eigenvalue weighted by Gasteiger charge is 2.32. The van der Waals surface area contributed by atoms with Crippen LogP contribution in [-0.4, -0.2) is 5.27 Å². The van der Waals surface area contributed by atoms with Crippen molar-refractivity contribution in [3.63, 3.8) is 0 Å². The maximum atomic E-state index is 12.8. The Labute approximate surface area is 135 Å². The van der Waals surface area contributed by atoms with Crippen molar-refractivity contribution in [2.75, 3.05) is 0 Å². The Morgan fingerprint density at radius 1 is 1.00 bits per heavy atom. The molecule has 0 fully saturated rings. The van der Waals surface area contributed by atoms with Gasteiger partial charge in [-0.2, -0.15) is 13.2 Å². The van der Waals surface area contributed by atoms with E-state index >= 15 is 0 Å². The smallest absolute Gasteiger partial charge is 0.416 e. The third-order valence-corrected chi connectivity index (χ3v) is 3.29. The van der Waals surface area contributed by atoms with Crippen LogP contribution in [0.25, 0.3) is 17.8 Å². The fraction of sp³-hybridized carbons (Fsp3) is 0.0588. The zero-order valence-corrected chi connectivity index (χ0v) is 12.2. The average molecular weight is 332 g/mol. The van der Waals surface area contributed by atoms with Gasteiger partial charge in [0.05, 0.1) is 10.8 Å². The fourth-order valence-corrected chi connectivity index (χ4v) is 2.13. The largest absolute Gasteiger partial charge is 0.539 e. The van der Waals surface area contributed by atoms with E-state index < -0.39 is 17.7 Å². The van der Waals surface area contributed by atoms with Crippen LogP contribution < -0.4 is 9.79 Å². The molecule has 0 atom stereocenters. The summed E-state index contributed by atoms with van der Waals surface area (Å²) in [6.45, 7) is 0. The molecule has 1 heterocycles. The average Bonchev–Trinajstić information content (AvgIpc) is 2.94. The van der Waals surface area contributed by atoms with Crippen molar-refractivity contribution < 1.29 is 27.5 Å². The standard InChI is InChI=1S/C17H11F3N2O2/c18-17(19,20)13-7-4-8-14(11-13)22-15(16(23)24-21-22)10-9-12-5-2-1-3-6-12/h1-11H/b10-9+. The summed E-state index contributed by atoms with van der Waals surface area (Å²) in [5, 5.41) is 15.3. The molecule has 0 saturated heterocycles. The summed E-state index contributed by atoms with van der Waals surface area (Å²) >= 11 is 0. The van der Waals surface area contributed by atoms with Crippen molar-refractivity contribution in [1.82, 2.24) is 5.27 Å². The summed E-state index contributed by atoms with van der Waals surface area (Å²) in [6, 6.07) is 13.7. The summed E-state index contributed by atoms with van der Waals surface area (Å²) in [7, 11) is 0. The molecule has 4 nitrogen and oxygen atoms in total. The predicted molar refractivity (Wildman–Crippen MR) is 77.9 cm³/mol. The molecule has 0 N–H and O–H groups in total. The molecule has 0 radical (unpaired) electrons. The third-order valence-electron chi connectivity index (χ3n) is 3.29. The molecule has 0 amide bonds. The van der Waals surface area contributed by atoms with Crippen molar-refractivity contribution in [1.29, 1.82) is 0 Å². The Kier molecular flexibility index (Phi) is 4.07. The summed E-state index contributed by atoms with van der Waals surface area (Å²) in [4.78, 5) is 0. The molecule has 3 rings (SSSR count). The van der Waals surface area contributed by atoms with Gasteiger partial charge < -0.3 is 9.63 Å². The van der Waals surface area contributed by atoms with E-state index in [1.807, 2.05) is 30.3 Å². The quantitative estimate of drug-likeness (QED) is 0.692. The zero-order valence-electron chi connectivity index (χ0n) is 12.2. The molecule has 0 bridgehead atoms. The molecule has 2 aromatic carbocycles. The van der Waals surface area contributed by atoms with Crippen LogP contribution in [0.3, 0.4) is 0 Å². The van der Waals surface area contributed by atoms with Gasteiger partial charge in [0.25, 0.3) is 5.69 Å². The predicted octanol–water partition coefficient (Wildman–Crippen LogP) is 3.21. The summed E-state index contributed by atoms with van der Waals surface area (Å²) in [5.41, 5.74) is 0.108. The molecule has 24 heavy (non-hydrogen) atoms. The van der Waals surface area contributed by atoms with Crippen molar-refractivity contribution >= 4 is 12.2 Å². The molecule has 0 saturated carbocycles. The van der Waals surface area contributed by atoms with Gasteiger partial charge >= 0.3 is 6.18 Å². The van der Waals surface area contributed by atoms with Gasteiger partial charge in [0.1, 0.15) is 0 Å². The van der Waals surface area contributed by atoms with Gasteiger partial charge in [-0.15, -0.1) is 0 Å². The van der Waals surface area contributed by atoms with Crippen molar-refractivity contribution in [3.8, 4) is 11.6 Å². The lowest BCUT2D eigenvalue weighted by molar-refractivity contribution is -0.672. The van der Waals surface area contributed by atoms with Crippen LogP contribution in [0.5, 0.6) is 5.95 Å². The number of aromatic nitrogens is 2. The molecule has 3 aromatic rings. The lowest BCUT2D eigenvalue weighted by Crippen LogP contribution is -2.35. The normalized spacial score (nSPS) is 12.0. The van der Waals surface area contributed by atoms with Crippen LogP contribution in [0.4, 0.5) is 13.2 Å². The number of hydrogen-bond acceptors (Lipinski definition) is 3. The van der Waals surface area contributed by atoms with Crippen LogP contribution in [0.1, 0.15) is 16.8 Å². The van der Waals surface area contributed by atoms with E-state index in [9.17, 15) is 18.3 Å². The monoisotopic (exact) mass is 332 g/mol. The molecular weight excluding hydrogens is 321 g/mol. The van der Waals surface area contributed by atoms with Gasteiger partial charge in [-0.1, -0.05) is 36.4 Å². The Balaban J connectivity index is 2.00. The lowest BCUT2D eigenvalue weighted by Gasteiger charge is -2.05. The minimum Gasteiger partial charge on any atom is -0.539 e. The number of nitrogens with zero attached hydrogens (tertiary/aromatic N) is 2. The van der Waals surface area contributed by atoms with Crippen LogP contribution >= 0.6 is 0 Å². The molecule has 0 aliphatic heterocycles. The molecule has 1 aromatic heterocycles. The van der Waals surface area contributed by atoms with E-state index in [2.05, 4.69) is 9.79 Å². The summed E-state index contributed by atoms with van der Waals surface area (Å²) in [6.07, 6.45) is -1.38. The van der Waals surface area contributed by atoms with Crippen LogP contribution in [-0.2, 0) is 6.18 Å². The van der Waals surface area contributed by atoms with Gasteiger partial charge in [0, 0.05) is 18.2 Å². The van der Waals surface area contributed by atoms with E-state index in [4.69, 9.17) is 0 Å². The number of hydrogen-bond donors (Lipinski definition) is 0. The highest BCUT2D eigenvalue weighted by molar-refractivity contribution is 5.68. The fourth-order valence-electron chi connectivity index (χ4n) is 2.13. The van der Waals surface area contributed by atoms with E-state index in [-0.39, 0.29) is 11.4 Å². The third kappa shape index (κ3) is 3.29. The van der Waals surface area contributed by atoms with Crippen LogP contribution in [0.2, 0.25) is 0 Å². The van der Waals surface area contributed by atoms with Crippen molar-refractivity contribution in [3.05, 3.63) is 71.4 Å². The van der Waals surface area contributed by atoms with E-state index in [1.54, 1.807) is 6.08 Å². The van der Waals surface area contributed by atoms with E-state index in [1.165, 1.54) is 18.2 Å². The number of benzene rings is 2. The Morgan fingerprint density at radius 3 is 2.46 bits per heavy atom. The van der Waals surface area contributed by atoms with Crippen molar-refractivity contribution in [2.45, 2.75) is 6.18 Å². The molecule has 0 unspecified atom stereocenters. The SMILES string of the molecule is [O-]c1on[n+](-c2cccc(C(F)(F)F)c2)c1/C=C/c1ccccc1. The number of halogens is 3. The second-order valence-corrected chi connectivity index (χ2v) is 4.95. The van der Waals surface area contributed by atoms with Gasteiger partial charge in [-0.05, 0) is 22.4 Å². The highest BCUT2D eigenvalue weighted by atomic mass is 19.4. The minimum absolute atomic E-state index is 0.0261. The maximum absolute atomic E-state index is 12.8. The number of rotatable bonds is 3. The highest BCUT2D eigenvalue weighted by Crippen LogP contribution is 2.29. The second-order valence-electron chi connectivity index (χ2n) is 4.95. The Morgan fingerprint density at radius 2 is 1.75 bits per heavy atom. The van der Waals surface area contributed by atoms with Gasteiger partial charge in [-0.3, -0.25) is 0 Å². The molecule has 0 aliphatic rings. The van der Waals surface area contributed by atoms with E-state index in [0.29, 0.717) is 0 Å². The molecule has 0 spiro atoms. The first-order valence-corrected chi connectivity index (χ1v) is 6.95. The summed E-state index contributed by atoms with van der Waals surface area (Å²) in [5.74, 6) is -0.736. The Bertz CT molecular complexity index is 871. The molecule has 0 aliphatic carbocycles. The zero-order chi connectivity index (χ0) is 17.2. The Hall–Kier alpha value is -3.09.